The monoisotopic (exact) mass is 284 g/mol. The number of nitrogens with zero attached hydrogens (tertiary/aromatic N) is 2. The third-order valence-corrected chi connectivity index (χ3v) is 4.16. The second kappa shape index (κ2) is 6.42. The highest BCUT2D eigenvalue weighted by molar-refractivity contribution is 6.32. The van der Waals surface area contributed by atoms with Crippen LogP contribution in [0.25, 0.3) is 0 Å². The van der Waals surface area contributed by atoms with Crippen molar-refractivity contribution in [2.45, 2.75) is 64.3 Å². The van der Waals surface area contributed by atoms with Crippen molar-refractivity contribution < 1.29 is 9.90 Å². The average molecular weight is 285 g/mol. The quantitative estimate of drug-likeness (QED) is 0.848. The number of aromatic nitrogens is 2. The summed E-state index contributed by atoms with van der Waals surface area (Å²) < 4.78 is 1.77. The highest BCUT2D eigenvalue weighted by Crippen LogP contribution is 2.32. The lowest BCUT2D eigenvalue weighted by molar-refractivity contribution is 0.0695. The maximum absolute atomic E-state index is 11.3. The Balaban J connectivity index is 2.34. The molecule has 0 unspecified atom stereocenters. The van der Waals surface area contributed by atoms with Crippen molar-refractivity contribution in [3.8, 4) is 0 Å². The molecule has 19 heavy (non-hydrogen) atoms. The number of carboxylic acid groups (broad SMARTS) is 1. The van der Waals surface area contributed by atoms with Gasteiger partial charge in [0.25, 0.3) is 0 Å². The Kier molecular flexibility index (Phi) is 4.86. The predicted molar refractivity (Wildman–Crippen MR) is 74.9 cm³/mol. The number of carboxylic acids is 1. The molecule has 0 aromatic carbocycles. The van der Waals surface area contributed by atoms with Crippen molar-refractivity contribution in [3.05, 3.63) is 16.4 Å². The fourth-order valence-electron chi connectivity index (χ4n) is 2.83. The lowest BCUT2D eigenvalue weighted by atomic mass is 10.1. The van der Waals surface area contributed by atoms with Crippen molar-refractivity contribution >= 4 is 17.6 Å². The Morgan fingerprint density at radius 2 is 2.00 bits per heavy atom. The van der Waals surface area contributed by atoms with Crippen molar-refractivity contribution in [2.24, 2.45) is 0 Å². The van der Waals surface area contributed by atoms with Crippen LogP contribution < -0.4 is 0 Å². The van der Waals surface area contributed by atoms with Gasteiger partial charge in [-0.15, -0.1) is 0 Å². The highest BCUT2D eigenvalue weighted by Gasteiger charge is 2.25. The van der Waals surface area contributed by atoms with E-state index in [0.29, 0.717) is 17.3 Å². The zero-order valence-electron chi connectivity index (χ0n) is 11.4. The molecule has 1 aromatic heterocycles. The van der Waals surface area contributed by atoms with Gasteiger partial charge in [-0.3, -0.25) is 0 Å². The van der Waals surface area contributed by atoms with Crippen LogP contribution in [0.4, 0.5) is 0 Å². The molecule has 4 nitrogen and oxygen atoms in total. The van der Waals surface area contributed by atoms with Crippen molar-refractivity contribution in [1.82, 2.24) is 9.78 Å². The number of halogens is 1. The van der Waals surface area contributed by atoms with E-state index >= 15 is 0 Å². The van der Waals surface area contributed by atoms with E-state index in [4.69, 9.17) is 11.6 Å². The Bertz CT molecular complexity index is 449. The van der Waals surface area contributed by atoms with Crippen molar-refractivity contribution in [3.63, 3.8) is 0 Å². The molecule has 1 fully saturated rings. The predicted octanol–water partition coefficient (Wildman–Crippen LogP) is 4.08. The number of hydrogen-bond donors (Lipinski definition) is 1. The minimum atomic E-state index is -0.965. The van der Waals surface area contributed by atoms with Crippen LogP contribution >= 0.6 is 11.6 Å². The summed E-state index contributed by atoms with van der Waals surface area (Å²) in [6.07, 6.45) is 8.49. The molecule has 1 aliphatic rings. The number of aryl methyl sites for hydroxylation is 1. The van der Waals surface area contributed by atoms with Gasteiger partial charge in [-0.1, -0.05) is 50.6 Å². The Hall–Kier alpha value is -1.03. The van der Waals surface area contributed by atoms with E-state index in [1.165, 1.54) is 25.7 Å². The summed E-state index contributed by atoms with van der Waals surface area (Å²) in [5.41, 5.74) is 0.831. The van der Waals surface area contributed by atoms with Gasteiger partial charge in [-0.05, 0) is 19.3 Å². The van der Waals surface area contributed by atoms with Crippen LogP contribution in [-0.4, -0.2) is 20.9 Å². The Morgan fingerprint density at radius 3 is 2.53 bits per heavy atom. The van der Waals surface area contributed by atoms with E-state index < -0.39 is 5.97 Å². The summed E-state index contributed by atoms with van der Waals surface area (Å²) in [5.74, 6) is -0.965. The highest BCUT2D eigenvalue weighted by atomic mass is 35.5. The van der Waals surface area contributed by atoms with E-state index in [1.54, 1.807) is 4.68 Å². The summed E-state index contributed by atoms with van der Waals surface area (Å²) in [6, 6.07) is 0.263. The lowest BCUT2D eigenvalue weighted by Crippen LogP contribution is -2.10. The maximum atomic E-state index is 11.3. The van der Waals surface area contributed by atoms with Gasteiger partial charge in [0.1, 0.15) is 10.7 Å². The zero-order valence-corrected chi connectivity index (χ0v) is 12.1. The SMILES string of the molecule is CCCc1nn(C2CCCCCC2)c(Cl)c1C(=O)O. The van der Waals surface area contributed by atoms with Crippen LogP contribution in [0, 0.1) is 0 Å². The van der Waals surface area contributed by atoms with Crippen LogP contribution in [0.1, 0.15) is 74.0 Å². The Morgan fingerprint density at radius 1 is 1.37 bits per heavy atom. The van der Waals surface area contributed by atoms with Gasteiger partial charge in [0, 0.05) is 0 Å². The molecule has 2 rings (SSSR count). The molecule has 0 aliphatic heterocycles. The summed E-state index contributed by atoms with van der Waals surface area (Å²) in [5, 5.41) is 14.1. The zero-order chi connectivity index (χ0) is 13.8. The molecular formula is C14H21ClN2O2. The third-order valence-electron chi connectivity index (χ3n) is 3.80. The second-order valence-corrected chi connectivity index (χ2v) is 5.62. The summed E-state index contributed by atoms with van der Waals surface area (Å²) >= 11 is 6.27. The van der Waals surface area contributed by atoms with Crippen molar-refractivity contribution in [1.29, 1.82) is 0 Å². The number of hydrogen-bond acceptors (Lipinski definition) is 2. The van der Waals surface area contributed by atoms with Crippen LogP contribution in [0.2, 0.25) is 5.15 Å². The minimum Gasteiger partial charge on any atom is -0.478 e. The van der Waals surface area contributed by atoms with Crippen LogP contribution in [0.5, 0.6) is 0 Å². The fourth-order valence-corrected chi connectivity index (χ4v) is 3.19. The van der Waals surface area contributed by atoms with E-state index in [9.17, 15) is 9.90 Å². The summed E-state index contributed by atoms with van der Waals surface area (Å²) in [7, 11) is 0. The first-order valence-electron chi connectivity index (χ1n) is 7.15. The first-order valence-corrected chi connectivity index (χ1v) is 7.53. The van der Waals surface area contributed by atoms with Gasteiger partial charge in [-0.2, -0.15) is 5.10 Å². The van der Waals surface area contributed by atoms with Crippen LogP contribution in [-0.2, 0) is 6.42 Å². The molecule has 1 N–H and O–H groups in total. The largest absolute Gasteiger partial charge is 0.478 e. The minimum absolute atomic E-state index is 0.202. The summed E-state index contributed by atoms with van der Waals surface area (Å²) in [6.45, 7) is 2.02. The van der Waals surface area contributed by atoms with Gasteiger partial charge >= 0.3 is 5.97 Å². The molecule has 5 heteroatoms. The molecule has 1 aliphatic carbocycles. The van der Waals surface area contributed by atoms with Gasteiger partial charge < -0.3 is 5.11 Å². The molecule has 1 aromatic rings. The smallest absolute Gasteiger partial charge is 0.340 e. The molecule has 0 spiro atoms. The Labute approximate surface area is 118 Å². The van der Waals surface area contributed by atoms with Gasteiger partial charge in [0.15, 0.2) is 0 Å². The van der Waals surface area contributed by atoms with Gasteiger partial charge in [0.2, 0.25) is 0 Å². The third kappa shape index (κ3) is 3.11. The fraction of sp³-hybridized carbons (Fsp3) is 0.714. The molecule has 0 radical (unpaired) electrons. The molecule has 1 saturated carbocycles. The number of rotatable bonds is 4. The molecule has 0 saturated heterocycles. The van der Waals surface area contributed by atoms with Crippen molar-refractivity contribution in [2.75, 3.05) is 0 Å². The normalized spacial score (nSPS) is 17.4. The van der Waals surface area contributed by atoms with Crippen LogP contribution in [0.15, 0.2) is 0 Å². The van der Waals surface area contributed by atoms with E-state index in [2.05, 4.69) is 5.10 Å². The lowest BCUT2D eigenvalue weighted by Gasteiger charge is -2.15. The summed E-state index contributed by atoms with van der Waals surface area (Å²) in [4.78, 5) is 11.3. The topological polar surface area (TPSA) is 55.1 Å². The molecule has 0 bridgehead atoms. The standard InChI is InChI=1S/C14H21ClN2O2/c1-2-7-11-12(14(18)19)13(15)17(16-11)10-8-5-3-4-6-9-10/h10H,2-9H2,1H3,(H,18,19). The molecular weight excluding hydrogens is 264 g/mol. The number of carbonyl (C=O) groups is 1. The van der Waals surface area contributed by atoms with Gasteiger partial charge in [-0.25, -0.2) is 9.48 Å². The van der Waals surface area contributed by atoms with E-state index in [1.807, 2.05) is 6.92 Å². The van der Waals surface area contributed by atoms with E-state index in [0.717, 1.165) is 19.3 Å². The average Bonchev–Trinajstić information content (AvgIpc) is 2.56. The first kappa shape index (κ1) is 14.4. The van der Waals surface area contributed by atoms with Gasteiger partial charge in [0.05, 0.1) is 11.7 Å². The maximum Gasteiger partial charge on any atom is 0.340 e. The van der Waals surface area contributed by atoms with Crippen LogP contribution in [0.3, 0.4) is 0 Å². The first-order chi connectivity index (χ1) is 9.15. The second-order valence-electron chi connectivity index (χ2n) is 5.26. The number of aromatic carboxylic acids is 1. The molecule has 0 atom stereocenters. The molecule has 0 amide bonds. The molecule has 106 valence electrons. The van der Waals surface area contributed by atoms with E-state index in [-0.39, 0.29) is 11.6 Å². The molecule has 1 heterocycles.